The van der Waals surface area contributed by atoms with Crippen molar-refractivity contribution in [1.29, 1.82) is 0 Å². The number of methoxy groups -OCH3 is 1. The van der Waals surface area contributed by atoms with Crippen molar-refractivity contribution < 1.29 is 9.53 Å². The zero-order chi connectivity index (χ0) is 7.56. The molecule has 10 heavy (non-hydrogen) atoms. The van der Waals surface area contributed by atoms with E-state index in [0.29, 0.717) is 5.01 Å². The first-order valence-corrected chi connectivity index (χ1v) is 4.21. The Kier molecular flexibility index (Phi) is 2.55. The van der Waals surface area contributed by atoms with E-state index in [9.17, 15) is 4.79 Å². The van der Waals surface area contributed by atoms with Gasteiger partial charge in [0.15, 0.2) is 3.01 Å². The van der Waals surface area contributed by atoms with Crippen LogP contribution in [-0.2, 0) is 4.74 Å². The number of esters is 1. The highest BCUT2D eigenvalue weighted by molar-refractivity contribution is 14.1. The maximum atomic E-state index is 10.7. The molecule has 1 rings (SSSR count). The van der Waals surface area contributed by atoms with Crippen LogP contribution in [0.15, 0.2) is 0 Å². The highest BCUT2D eigenvalue weighted by Crippen LogP contribution is 2.11. The van der Waals surface area contributed by atoms with Gasteiger partial charge in [0.25, 0.3) is 0 Å². The summed E-state index contributed by atoms with van der Waals surface area (Å²) >= 11 is 3.20. The van der Waals surface area contributed by atoms with Crippen LogP contribution in [-0.4, -0.2) is 23.3 Å². The van der Waals surface area contributed by atoms with Crippen molar-refractivity contribution in [2.75, 3.05) is 7.11 Å². The summed E-state index contributed by atoms with van der Waals surface area (Å²) in [6.45, 7) is 0. The molecule has 0 N–H and O–H groups in total. The lowest BCUT2D eigenvalue weighted by atomic mass is 10.7. The maximum Gasteiger partial charge on any atom is 0.369 e. The van der Waals surface area contributed by atoms with Gasteiger partial charge in [-0.3, -0.25) is 0 Å². The van der Waals surface area contributed by atoms with Crippen LogP contribution in [0, 0.1) is 3.01 Å². The van der Waals surface area contributed by atoms with Gasteiger partial charge in [-0.25, -0.2) is 4.79 Å². The molecule has 54 valence electrons. The Balaban J connectivity index is 2.85. The summed E-state index contributed by atoms with van der Waals surface area (Å²) in [6.07, 6.45) is 0. The van der Waals surface area contributed by atoms with Gasteiger partial charge in [-0.1, -0.05) is 11.3 Å². The summed E-state index contributed by atoms with van der Waals surface area (Å²) in [5, 5.41) is 7.51. The van der Waals surface area contributed by atoms with E-state index >= 15 is 0 Å². The number of rotatable bonds is 1. The van der Waals surface area contributed by atoms with Crippen molar-refractivity contribution in [2.24, 2.45) is 0 Å². The predicted octanol–water partition coefficient (Wildman–Crippen LogP) is 0.929. The van der Waals surface area contributed by atoms with Crippen molar-refractivity contribution in [1.82, 2.24) is 10.2 Å². The van der Waals surface area contributed by atoms with Gasteiger partial charge in [0.1, 0.15) is 0 Å². The zero-order valence-corrected chi connectivity index (χ0v) is 7.97. The number of carbonyl (C=O) groups excluding carboxylic acids is 1. The monoisotopic (exact) mass is 270 g/mol. The third-order valence-corrected chi connectivity index (χ3v) is 2.33. The molecule has 4 nitrogen and oxygen atoms in total. The summed E-state index contributed by atoms with van der Waals surface area (Å²) in [7, 11) is 1.32. The van der Waals surface area contributed by atoms with Gasteiger partial charge in [0.05, 0.1) is 7.11 Å². The molecule has 1 aromatic heterocycles. The molecular formula is C4H3IN2O2S. The lowest BCUT2D eigenvalue weighted by molar-refractivity contribution is 0.0599. The summed E-state index contributed by atoms with van der Waals surface area (Å²) in [6, 6.07) is 0. The number of ether oxygens (including phenoxy) is 1. The predicted molar refractivity (Wildman–Crippen MR) is 44.0 cm³/mol. The third kappa shape index (κ3) is 1.63. The zero-order valence-electron chi connectivity index (χ0n) is 5.00. The fraction of sp³-hybridized carbons (Fsp3) is 0.250. The lowest BCUT2D eigenvalue weighted by Gasteiger charge is -1.87. The molecule has 0 fully saturated rings. The Labute approximate surface area is 74.7 Å². The molecule has 0 saturated carbocycles. The molecule has 0 unspecified atom stereocenters. The van der Waals surface area contributed by atoms with E-state index < -0.39 is 5.97 Å². The second kappa shape index (κ2) is 3.24. The number of aromatic nitrogens is 2. The number of hydrogen-bond acceptors (Lipinski definition) is 5. The number of halogens is 1. The minimum atomic E-state index is -0.430. The molecule has 0 aromatic carbocycles. The van der Waals surface area contributed by atoms with E-state index in [1.165, 1.54) is 18.4 Å². The minimum absolute atomic E-state index is 0.298. The second-order valence-corrected chi connectivity index (χ2v) is 4.08. The van der Waals surface area contributed by atoms with Crippen LogP contribution in [0.4, 0.5) is 0 Å². The largest absolute Gasteiger partial charge is 0.464 e. The van der Waals surface area contributed by atoms with E-state index in [-0.39, 0.29) is 0 Å². The van der Waals surface area contributed by atoms with Crippen LogP contribution in [0.1, 0.15) is 9.80 Å². The van der Waals surface area contributed by atoms with E-state index in [2.05, 4.69) is 14.9 Å². The van der Waals surface area contributed by atoms with E-state index in [4.69, 9.17) is 0 Å². The van der Waals surface area contributed by atoms with Gasteiger partial charge in [-0.05, 0) is 22.6 Å². The summed E-state index contributed by atoms with van der Waals surface area (Å²) in [5.74, 6) is -0.430. The molecule has 0 saturated heterocycles. The van der Waals surface area contributed by atoms with Gasteiger partial charge in [0, 0.05) is 0 Å². The van der Waals surface area contributed by atoms with Crippen LogP contribution in [0.2, 0.25) is 0 Å². The first-order valence-electron chi connectivity index (χ1n) is 2.31. The smallest absolute Gasteiger partial charge is 0.369 e. The summed E-state index contributed by atoms with van der Waals surface area (Å²) in [5.41, 5.74) is 0. The van der Waals surface area contributed by atoms with E-state index in [0.717, 1.165) is 3.01 Å². The molecule has 1 aromatic rings. The Hall–Kier alpha value is -0.240. The number of nitrogens with zero attached hydrogens (tertiary/aromatic N) is 2. The summed E-state index contributed by atoms with van der Waals surface area (Å²) in [4.78, 5) is 10.7. The molecular weight excluding hydrogens is 267 g/mol. The van der Waals surface area contributed by atoms with Gasteiger partial charge < -0.3 is 4.74 Å². The van der Waals surface area contributed by atoms with Crippen LogP contribution in [0.3, 0.4) is 0 Å². The average molecular weight is 270 g/mol. The maximum absolute atomic E-state index is 10.7. The van der Waals surface area contributed by atoms with Crippen LogP contribution in [0.25, 0.3) is 0 Å². The Morgan fingerprint density at radius 1 is 1.70 bits per heavy atom. The normalized spacial score (nSPS) is 9.40. The van der Waals surface area contributed by atoms with Gasteiger partial charge in [-0.15, -0.1) is 10.2 Å². The van der Waals surface area contributed by atoms with Crippen LogP contribution < -0.4 is 0 Å². The molecule has 0 atom stereocenters. The van der Waals surface area contributed by atoms with Crippen molar-refractivity contribution in [3.8, 4) is 0 Å². The first-order chi connectivity index (χ1) is 4.74. The van der Waals surface area contributed by atoms with Gasteiger partial charge >= 0.3 is 5.97 Å². The number of carbonyl (C=O) groups is 1. The fourth-order valence-electron chi connectivity index (χ4n) is 0.375. The first kappa shape index (κ1) is 7.86. The fourth-order valence-corrected chi connectivity index (χ4v) is 1.60. The molecule has 0 spiro atoms. The number of hydrogen-bond donors (Lipinski definition) is 0. The molecule has 0 radical (unpaired) electrons. The second-order valence-electron chi connectivity index (χ2n) is 1.35. The lowest BCUT2D eigenvalue weighted by Crippen LogP contribution is -1.99. The van der Waals surface area contributed by atoms with Gasteiger partial charge in [-0.2, -0.15) is 0 Å². The van der Waals surface area contributed by atoms with Crippen molar-refractivity contribution in [3.05, 3.63) is 8.02 Å². The average Bonchev–Trinajstić information content (AvgIpc) is 2.34. The van der Waals surface area contributed by atoms with Crippen molar-refractivity contribution >= 4 is 39.9 Å². The standard InChI is InChI=1S/C4H3IN2O2S/c1-9-3(8)2-6-7-4(5)10-2/h1H3. The van der Waals surface area contributed by atoms with Crippen LogP contribution in [0.5, 0.6) is 0 Å². The molecule has 1 heterocycles. The molecule has 6 heteroatoms. The molecule has 0 bridgehead atoms. The van der Waals surface area contributed by atoms with Crippen LogP contribution >= 0.6 is 33.9 Å². The van der Waals surface area contributed by atoms with Crippen molar-refractivity contribution in [2.45, 2.75) is 0 Å². The summed E-state index contributed by atoms with van der Waals surface area (Å²) < 4.78 is 5.15. The Morgan fingerprint density at radius 3 is 2.80 bits per heavy atom. The quantitative estimate of drug-likeness (QED) is 0.562. The highest BCUT2D eigenvalue weighted by atomic mass is 127. The van der Waals surface area contributed by atoms with Crippen molar-refractivity contribution in [3.63, 3.8) is 0 Å². The highest BCUT2D eigenvalue weighted by Gasteiger charge is 2.10. The van der Waals surface area contributed by atoms with E-state index in [1.54, 1.807) is 0 Å². The Morgan fingerprint density at radius 2 is 2.40 bits per heavy atom. The third-order valence-electron chi connectivity index (χ3n) is 0.760. The van der Waals surface area contributed by atoms with Gasteiger partial charge in [0.2, 0.25) is 5.01 Å². The van der Waals surface area contributed by atoms with E-state index in [1.807, 2.05) is 22.6 Å². The minimum Gasteiger partial charge on any atom is -0.464 e. The molecule has 0 aliphatic carbocycles. The molecule has 0 aliphatic rings. The Bertz CT molecular complexity index is 249. The molecule has 0 amide bonds. The topological polar surface area (TPSA) is 52.1 Å². The SMILES string of the molecule is COC(=O)c1nnc(I)s1. The molecule has 0 aliphatic heterocycles.